The van der Waals surface area contributed by atoms with Crippen molar-refractivity contribution in [2.24, 2.45) is 0 Å². The molecule has 0 N–H and O–H groups in total. The van der Waals surface area contributed by atoms with Crippen LogP contribution in [0.25, 0.3) is 0 Å². The second-order valence-electron chi connectivity index (χ2n) is 0.500. The summed E-state index contributed by atoms with van der Waals surface area (Å²) in [6.07, 6.45) is 0. The maximum atomic E-state index is 8.52. The molecule has 0 radical (unpaired) electrons. The number of rotatable bonds is 0. The molecule has 10 heteroatoms. The van der Waals surface area contributed by atoms with E-state index in [0.717, 1.165) is 0 Å². The fraction of sp³-hybridized carbons (Fsp3) is 0. The maximum Gasteiger partial charge on any atom is 4.00 e. The summed E-state index contributed by atoms with van der Waals surface area (Å²) in [6.45, 7) is 0. The molecule has 54 valence electrons. The Labute approximate surface area is 89.2 Å². The molecule has 0 bridgehead atoms. The van der Waals surface area contributed by atoms with Crippen molar-refractivity contribution < 1.29 is 53.9 Å². The van der Waals surface area contributed by atoms with Crippen LogP contribution in [-0.4, -0.2) is 35.7 Å². The number of hydrogen-bond donors (Lipinski definition) is 0. The van der Waals surface area contributed by atoms with Gasteiger partial charge in [0.1, 0.15) is 0 Å². The molecule has 10 heavy (non-hydrogen) atoms. The third-order valence-electron chi connectivity index (χ3n) is 0. The van der Waals surface area contributed by atoms with Gasteiger partial charge in [0.05, 0.1) is 0 Å². The van der Waals surface area contributed by atoms with Gasteiger partial charge in [0, 0.05) is 18.3 Å². The van der Waals surface area contributed by atoms with Gasteiger partial charge in [-0.05, 0) is 0 Å². The Bertz CT molecular complexity index is 73.7. The molecule has 0 aromatic rings. The summed E-state index contributed by atoms with van der Waals surface area (Å²) < 4.78 is 17.0. The van der Waals surface area contributed by atoms with E-state index in [1.165, 1.54) is 0 Å². The van der Waals surface area contributed by atoms with Crippen LogP contribution in [0.3, 0.4) is 0 Å². The van der Waals surface area contributed by atoms with Crippen LogP contribution in [0.2, 0.25) is 0 Å². The van der Waals surface area contributed by atoms with E-state index in [-0.39, 0.29) is 43.2 Å². The van der Waals surface area contributed by atoms with Crippen LogP contribution in [0.5, 0.6) is 0 Å². The second kappa shape index (κ2) is 16.3. The van der Waals surface area contributed by atoms with Gasteiger partial charge in [-0.3, -0.25) is 0 Å². The van der Waals surface area contributed by atoms with Crippen molar-refractivity contribution in [3.05, 3.63) is 0 Å². The summed E-state index contributed by atoms with van der Waals surface area (Å²) >= 11 is 0. The van der Waals surface area contributed by atoms with Crippen molar-refractivity contribution in [2.75, 3.05) is 0 Å². The van der Waals surface area contributed by atoms with Crippen LogP contribution in [0.1, 0.15) is 0 Å². The van der Waals surface area contributed by atoms with E-state index in [4.69, 9.17) is 28.1 Å². The molecule has 0 aliphatic carbocycles. The molecule has 6 nitrogen and oxygen atoms in total. The van der Waals surface area contributed by atoms with E-state index in [1.807, 2.05) is 0 Å². The third kappa shape index (κ3) is 1240. The van der Waals surface area contributed by atoms with Crippen molar-refractivity contribution >= 4 is 35.7 Å². The standard InChI is InChI=1S/Al.Hf.2O3Si.3H/c;;2*1-4(2)3;;;/q;+4;2*-2;;;. The zero-order chi connectivity index (χ0) is 7.15. The van der Waals surface area contributed by atoms with Gasteiger partial charge in [0.15, 0.2) is 17.4 Å². The quantitative estimate of drug-likeness (QED) is 0.395. The second-order valence-corrected chi connectivity index (χ2v) is 1.50. The summed E-state index contributed by atoms with van der Waals surface area (Å²) in [7, 11) is -7.26. The predicted octanol–water partition coefficient (Wildman–Crippen LogP) is -6.94. The van der Waals surface area contributed by atoms with Gasteiger partial charge in [-0.25, -0.2) is 0 Å². The normalized spacial score (nSPS) is 4.80. The van der Waals surface area contributed by atoms with Crippen molar-refractivity contribution in [3.63, 3.8) is 0 Å². The third-order valence-corrected chi connectivity index (χ3v) is 0. The molecular formula is H3AlHfO6Si2. The van der Waals surface area contributed by atoms with Crippen LogP contribution >= 0.6 is 0 Å². The van der Waals surface area contributed by atoms with E-state index in [1.54, 1.807) is 0 Å². The van der Waals surface area contributed by atoms with E-state index in [9.17, 15) is 0 Å². The Morgan fingerprint density at radius 3 is 0.800 bits per heavy atom. The molecule has 0 aliphatic heterocycles. The Morgan fingerprint density at radius 2 is 0.800 bits per heavy atom. The van der Waals surface area contributed by atoms with Crippen LogP contribution in [0.4, 0.5) is 0 Å². The van der Waals surface area contributed by atoms with Gasteiger partial charge in [-0.15, -0.1) is 0 Å². The van der Waals surface area contributed by atoms with Gasteiger partial charge in [0.2, 0.25) is 0 Å². The van der Waals surface area contributed by atoms with Gasteiger partial charge in [0.25, 0.3) is 0 Å². The van der Waals surface area contributed by atoms with Crippen molar-refractivity contribution in [3.8, 4) is 0 Å². The monoisotopic (exact) mass is 362 g/mol. The van der Waals surface area contributed by atoms with Crippen LogP contribution < -0.4 is 19.2 Å². The zero-order valence-electron chi connectivity index (χ0n) is 3.95. The molecule has 0 amide bonds. The first-order valence-electron chi connectivity index (χ1n) is 1.22. The first-order chi connectivity index (χ1) is 3.46. The fourth-order valence-electron chi connectivity index (χ4n) is 0. The van der Waals surface area contributed by atoms with Crippen molar-refractivity contribution in [1.29, 1.82) is 0 Å². The molecule has 0 heterocycles. The van der Waals surface area contributed by atoms with Crippen LogP contribution in [0.15, 0.2) is 0 Å². The van der Waals surface area contributed by atoms with Crippen LogP contribution in [-0.2, 0) is 34.8 Å². The van der Waals surface area contributed by atoms with Gasteiger partial charge >= 0.3 is 25.8 Å². The van der Waals surface area contributed by atoms with Gasteiger partial charge in [-0.1, -0.05) is 0 Å². The molecule has 0 aliphatic rings. The van der Waals surface area contributed by atoms with Crippen LogP contribution in [0, 0.1) is 0 Å². The van der Waals surface area contributed by atoms with E-state index < -0.39 is 18.3 Å². The first kappa shape index (κ1) is 22.4. The SMILES string of the molecule is O=[Si]([O-])[O-].O=[Si]([O-])[O-].[AlH3].[Hf+4]. The fourth-order valence-corrected chi connectivity index (χ4v) is 0. The molecule has 0 saturated carbocycles. The average Bonchev–Trinajstić information content (AvgIpc) is 1.25. The topological polar surface area (TPSA) is 126 Å². The molecular weight excluding hydrogens is 358 g/mol. The number of hydrogen-bond acceptors (Lipinski definition) is 6. The Hall–Kier alpha value is 0.636. The molecule has 0 aromatic carbocycles. The first-order valence-corrected chi connectivity index (χ1v) is 3.67. The predicted molar refractivity (Wildman–Crippen MR) is 22.8 cm³/mol. The minimum atomic E-state index is -3.63. The smallest absolute Gasteiger partial charge is 0.672 e. The van der Waals surface area contributed by atoms with E-state index >= 15 is 0 Å². The molecule has 0 unspecified atom stereocenters. The van der Waals surface area contributed by atoms with E-state index in [2.05, 4.69) is 0 Å². The molecule has 0 rings (SSSR count). The van der Waals surface area contributed by atoms with Crippen molar-refractivity contribution in [1.82, 2.24) is 0 Å². The van der Waals surface area contributed by atoms with Gasteiger partial charge in [-0.2, -0.15) is 0 Å². The Kier molecular flexibility index (Phi) is 36.6. The maximum absolute atomic E-state index is 8.52. The average molecular weight is 361 g/mol. The summed E-state index contributed by atoms with van der Waals surface area (Å²) in [5, 5.41) is 0. The largest absolute Gasteiger partial charge is 4.00 e. The minimum absolute atomic E-state index is 0. The van der Waals surface area contributed by atoms with E-state index in [0.29, 0.717) is 0 Å². The Morgan fingerprint density at radius 1 is 0.800 bits per heavy atom. The molecule has 0 aromatic heterocycles. The summed E-state index contributed by atoms with van der Waals surface area (Å²) in [5.74, 6) is 0. The molecule has 0 atom stereocenters. The van der Waals surface area contributed by atoms with Gasteiger partial charge < -0.3 is 28.1 Å². The molecule has 0 spiro atoms. The van der Waals surface area contributed by atoms with Crippen molar-refractivity contribution in [2.45, 2.75) is 0 Å². The zero-order valence-corrected chi connectivity index (χ0v) is 9.54. The summed E-state index contributed by atoms with van der Waals surface area (Å²) in [5.41, 5.74) is 0. The summed E-state index contributed by atoms with van der Waals surface area (Å²) in [4.78, 5) is 34.1. The molecule has 0 saturated heterocycles. The summed E-state index contributed by atoms with van der Waals surface area (Å²) in [6, 6.07) is 0. The Balaban J connectivity index is -0.0000000300. The minimum Gasteiger partial charge on any atom is -0.672 e. The molecule has 0 fully saturated rings.